The molecule has 18 heavy (non-hydrogen) atoms. The maximum absolute atomic E-state index is 11.4. The minimum Gasteiger partial charge on any atom is -0.349 e. The average molecular weight is 253 g/mol. The van der Waals surface area contributed by atoms with Gasteiger partial charge >= 0.3 is 0 Å². The second-order valence-electron chi connectivity index (χ2n) is 5.56. The molecule has 2 aliphatic heterocycles. The third-order valence-electron chi connectivity index (χ3n) is 4.28. The summed E-state index contributed by atoms with van der Waals surface area (Å²) < 4.78 is 11.9. The van der Waals surface area contributed by atoms with Crippen LogP contribution in [0, 0.1) is 5.92 Å². The van der Waals surface area contributed by atoms with Crippen LogP contribution in [0.15, 0.2) is 0 Å². The molecule has 0 bridgehead atoms. The Morgan fingerprint density at radius 1 is 1.33 bits per heavy atom. The van der Waals surface area contributed by atoms with Gasteiger partial charge in [-0.2, -0.15) is 0 Å². The number of β-lactam (4-membered cyclic amide) rings is 1. The molecule has 3 aliphatic rings. The van der Waals surface area contributed by atoms with E-state index in [2.05, 4.69) is 5.32 Å². The molecule has 0 radical (unpaired) electrons. The minimum absolute atomic E-state index is 0.0862. The summed E-state index contributed by atoms with van der Waals surface area (Å²) in [6, 6.07) is -0.198. The molecule has 0 aromatic rings. The van der Waals surface area contributed by atoms with Crippen LogP contribution >= 0.6 is 0 Å². The molecule has 1 saturated carbocycles. The van der Waals surface area contributed by atoms with Crippen molar-refractivity contribution < 1.29 is 19.1 Å². The van der Waals surface area contributed by atoms with Crippen LogP contribution in [0.4, 0.5) is 0 Å². The van der Waals surface area contributed by atoms with Gasteiger partial charge in [-0.05, 0) is 19.8 Å². The maximum Gasteiger partial charge on any atom is 0.233 e. The van der Waals surface area contributed by atoms with Crippen molar-refractivity contribution in [1.29, 1.82) is 0 Å². The Balaban J connectivity index is 1.65. The number of nitrogens with one attached hydrogen (secondary N) is 1. The van der Waals surface area contributed by atoms with Gasteiger partial charge in [0.25, 0.3) is 0 Å². The molecule has 0 aromatic carbocycles. The van der Waals surface area contributed by atoms with E-state index >= 15 is 0 Å². The smallest absolute Gasteiger partial charge is 0.233 e. The largest absolute Gasteiger partial charge is 0.349 e. The highest BCUT2D eigenvalue weighted by Crippen LogP contribution is 2.40. The monoisotopic (exact) mass is 253 g/mol. The molecule has 5 nitrogen and oxygen atoms in total. The lowest BCUT2D eigenvalue weighted by Gasteiger charge is -2.39. The fraction of sp³-hybridized carbons (Fsp3) is 0.846. The summed E-state index contributed by atoms with van der Waals surface area (Å²) in [7, 11) is 0. The van der Waals surface area contributed by atoms with E-state index in [1.165, 1.54) is 13.3 Å². The Labute approximate surface area is 106 Å². The van der Waals surface area contributed by atoms with E-state index in [4.69, 9.17) is 9.47 Å². The number of hydrogen-bond donors (Lipinski definition) is 1. The molecule has 1 aliphatic carbocycles. The van der Waals surface area contributed by atoms with E-state index in [9.17, 15) is 9.59 Å². The molecule has 0 unspecified atom stereocenters. The van der Waals surface area contributed by atoms with Crippen LogP contribution in [0.2, 0.25) is 0 Å². The topological polar surface area (TPSA) is 64.6 Å². The number of carbonyl (C=O) groups excluding carboxylic acids is 2. The first-order valence-electron chi connectivity index (χ1n) is 6.74. The highest BCUT2D eigenvalue weighted by Gasteiger charge is 2.53. The predicted molar refractivity (Wildman–Crippen MR) is 62.7 cm³/mol. The van der Waals surface area contributed by atoms with Crippen molar-refractivity contribution in [3.63, 3.8) is 0 Å². The molecule has 5 heteroatoms. The average Bonchev–Trinajstić information content (AvgIpc) is 2.69. The van der Waals surface area contributed by atoms with Gasteiger partial charge in [0, 0.05) is 12.8 Å². The second kappa shape index (κ2) is 4.31. The van der Waals surface area contributed by atoms with Gasteiger partial charge in [-0.1, -0.05) is 6.42 Å². The molecule has 2 saturated heterocycles. The zero-order valence-electron chi connectivity index (χ0n) is 10.6. The highest BCUT2D eigenvalue weighted by atomic mass is 16.7. The fourth-order valence-corrected chi connectivity index (χ4v) is 3.26. The summed E-state index contributed by atoms with van der Waals surface area (Å²) >= 11 is 0. The zero-order chi connectivity index (χ0) is 12.8. The van der Waals surface area contributed by atoms with E-state index in [1.54, 1.807) is 0 Å². The van der Waals surface area contributed by atoms with E-state index in [-0.39, 0.29) is 23.8 Å². The second-order valence-corrected chi connectivity index (χ2v) is 5.56. The Hall–Kier alpha value is -0.940. The van der Waals surface area contributed by atoms with Crippen molar-refractivity contribution in [2.24, 2.45) is 5.92 Å². The molecule has 3 atom stereocenters. The molecular weight excluding hydrogens is 234 g/mol. The van der Waals surface area contributed by atoms with Gasteiger partial charge in [-0.25, -0.2) is 0 Å². The number of ketones is 1. The summed E-state index contributed by atoms with van der Waals surface area (Å²) in [5, 5.41) is 2.77. The van der Waals surface area contributed by atoms with Crippen LogP contribution in [0.25, 0.3) is 0 Å². The van der Waals surface area contributed by atoms with Crippen LogP contribution in [0.5, 0.6) is 0 Å². The third-order valence-corrected chi connectivity index (χ3v) is 4.28. The molecule has 100 valence electrons. The summed E-state index contributed by atoms with van der Waals surface area (Å²) in [6.07, 6.45) is 5.16. The van der Waals surface area contributed by atoms with Crippen LogP contribution in [0.3, 0.4) is 0 Å². The number of hydrogen-bond acceptors (Lipinski definition) is 4. The van der Waals surface area contributed by atoms with E-state index in [0.717, 1.165) is 25.7 Å². The van der Waals surface area contributed by atoms with Crippen molar-refractivity contribution in [3.8, 4) is 0 Å². The normalized spacial score (nSPS) is 38.3. The van der Waals surface area contributed by atoms with E-state index < -0.39 is 11.7 Å². The predicted octanol–water partition coefficient (Wildman–Crippen LogP) is 0.766. The third kappa shape index (κ3) is 1.86. The Morgan fingerprint density at radius 3 is 2.67 bits per heavy atom. The summed E-state index contributed by atoms with van der Waals surface area (Å²) in [5.74, 6) is -1.25. The fourth-order valence-electron chi connectivity index (χ4n) is 3.26. The van der Waals surface area contributed by atoms with Gasteiger partial charge in [-0.3, -0.25) is 9.59 Å². The molecule has 3 rings (SSSR count). The lowest BCUT2D eigenvalue weighted by molar-refractivity contribution is -0.194. The molecular formula is C13H19NO4. The van der Waals surface area contributed by atoms with Crippen molar-refractivity contribution in [2.45, 2.75) is 57.0 Å². The van der Waals surface area contributed by atoms with Crippen LogP contribution in [-0.4, -0.2) is 36.2 Å². The van der Waals surface area contributed by atoms with Crippen molar-refractivity contribution in [2.75, 3.05) is 6.61 Å². The minimum atomic E-state index is -0.544. The van der Waals surface area contributed by atoms with E-state index in [0.29, 0.717) is 6.61 Å². The highest BCUT2D eigenvalue weighted by molar-refractivity contribution is 6.05. The van der Waals surface area contributed by atoms with Crippen LogP contribution in [0.1, 0.15) is 39.0 Å². The first-order valence-corrected chi connectivity index (χ1v) is 6.74. The standard InChI is InChI=1S/C13H19NO4/c1-8(15)10-11(14-12(10)16)9-7-17-13(18-9)5-3-2-4-6-13/h9-11H,2-7H2,1H3,(H,14,16)/t9-,10-,11-/m1/s1. The molecule has 1 amide bonds. The first-order chi connectivity index (χ1) is 8.61. The van der Waals surface area contributed by atoms with Crippen LogP contribution < -0.4 is 5.32 Å². The lowest BCUT2D eigenvalue weighted by Crippen LogP contribution is -2.66. The number of ether oxygens (including phenoxy) is 2. The van der Waals surface area contributed by atoms with Crippen LogP contribution in [-0.2, 0) is 19.1 Å². The van der Waals surface area contributed by atoms with Gasteiger partial charge in [0.15, 0.2) is 5.79 Å². The quantitative estimate of drug-likeness (QED) is 0.583. The van der Waals surface area contributed by atoms with Gasteiger partial charge in [0.1, 0.15) is 17.8 Å². The number of amides is 1. The van der Waals surface area contributed by atoms with Crippen molar-refractivity contribution in [1.82, 2.24) is 5.32 Å². The van der Waals surface area contributed by atoms with Gasteiger partial charge in [0.2, 0.25) is 5.91 Å². The van der Waals surface area contributed by atoms with Crippen molar-refractivity contribution >= 4 is 11.7 Å². The SMILES string of the molecule is CC(=O)[C@H]1C(=O)N[C@@H]1[C@H]1COC2(CCCCC2)O1. The lowest BCUT2D eigenvalue weighted by atomic mass is 9.84. The zero-order valence-corrected chi connectivity index (χ0v) is 10.6. The van der Waals surface area contributed by atoms with Gasteiger partial charge in [0.05, 0.1) is 12.6 Å². The Bertz CT molecular complexity index is 367. The first kappa shape index (κ1) is 12.1. The number of carbonyl (C=O) groups is 2. The van der Waals surface area contributed by atoms with Crippen molar-refractivity contribution in [3.05, 3.63) is 0 Å². The summed E-state index contributed by atoms with van der Waals surface area (Å²) in [4.78, 5) is 22.8. The Kier molecular flexibility index (Phi) is 2.90. The number of rotatable bonds is 2. The molecule has 0 aromatic heterocycles. The molecule has 1 spiro atoms. The summed E-state index contributed by atoms with van der Waals surface area (Å²) in [6.45, 7) is 1.94. The number of Topliss-reactive ketones (excluding diaryl/α,β-unsaturated/α-hetero) is 1. The van der Waals surface area contributed by atoms with Gasteiger partial charge in [-0.15, -0.1) is 0 Å². The molecule has 3 fully saturated rings. The van der Waals surface area contributed by atoms with Gasteiger partial charge < -0.3 is 14.8 Å². The summed E-state index contributed by atoms with van der Waals surface area (Å²) in [5.41, 5.74) is 0. The Morgan fingerprint density at radius 2 is 2.06 bits per heavy atom. The molecule has 2 heterocycles. The van der Waals surface area contributed by atoms with E-state index in [1.807, 2.05) is 0 Å². The molecule has 1 N–H and O–H groups in total. The maximum atomic E-state index is 11.4.